The molecule has 0 aromatic heterocycles. The average Bonchev–Trinajstić information content (AvgIpc) is 2.48. The van der Waals surface area contributed by atoms with Gasteiger partial charge in [-0.05, 0) is 42.9 Å². The summed E-state index contributed by atoms with van der Waals surface area (Å²) in [7, 11) is 0. The largest absolute Gasteiger partial charge is 0.491 e. The van der Waals surface area contributed by atoms with Gasteiger partial charge in [0.25, 0.3) is 0 Å². The van der Waals surface area contributed by atoms with Crippen LogP contribution in [0.3, 0.4) is 0 Å². The fourth-order valence-electron chi connectivity index (χ4n) is 2.78. The van der Waals surface area contributed by atoms with Crippen LogP contribution >= 0.6 is 0 Å². The summed E-state index contributed by atoms with van der Waals surface area (Å²) >= 11 is 0. The molecule has 1 atom stereocenters. The highest BCUT2D eigenvalue weighted by Gasteiger charge is 2.21. The molecule has 0 saturated carbocycles. The summed E-state index contributed by atoms with van der Waals surface area (Å²) in [6.07, 6.45) is 3.23. The molecule has 3 nitrogen and oxygen atoms in total. The first-order chi connectivity index (χ1) is 9.67. The van der Waals surface area contributed by atoms with Gasteiger partial charge in [0.2, 0.25) is 0 Å². The molecular formula is C17H28NO2+. The van der Waals surface area contributed by atoms with E-state index in [9.17, 15) is 5.11 Å². The number of piperidine rings is 1. The van der Waals surface area contributed by atoms with Crippen molar-refractivity contribution < 1.29 is 14.7 Å². The van der Waals surface area contributed by atoms with Crippen molar-refractivity contribution in [2.75, 3.05) is 26.2 Å². The molecule has 0 unspecified atom stereocenters. The van der Waals surface area contributed by atoms with Crippen molar-refractivity contribution in [2.24, 2.45) is 5.92 Å². The molecule has 1 aliphatic rings. The highest BCUT2D eigenvalue weighted by molar-refractivity contribution is 5.27. The summed E-state index contributed by atoms with van der Waals surface area (Å²) < 4.78 is 5.67. The SMILES string of the molecule is CCc1ccc(OC[C@@H](O)C[NH+]2CCC(C)CC2)cc1. The molecule has 0 radical (unpaired) electrons. The fourth-order valence-corrected chi connectivity index (χ4v) is 2.78. The quantitative estimate of drug-likeness (QED) is 0.822. The van der Waals surface area contributed by atoms with Crippen LogP contribution in [0.1, 0.15) is 32.3 Å². The fraction of sp³-hybridized carbons (Fsp3) is 0.647. The predicted octanol–water partition coefficient (Wildman–Crippen LogP) is 1.30. The zero-order valence-corrected chi connectivity index (χ0v) is 12.8. The van der Waals surface area contributed by atoms with Gasteiger partial charge in [0.1, 0.15) is 25.0 Å². The third-order valence-corrected chi connectivity index (χ3v) is 4.28. The van der Waals surface area contributed by atoms with Crippen molar-refractivity contribution >= 4 is 0 Å². The number of ether oxygens (including phenoxy) is 1. The number of hydrogen-bond donors (Lipinski definition) is 2. The van der Waals surface area contributed by atoms with Crippen molar-refractivity contribution in [1.82, 2.24) is 0 Å². The lowest BCUT2D eigenvalue weighted by molar-refractivity contribution is -0.909. The van der Waals surface area contributed by atoms with E-state index in [1.165, 1.54) is 36.4 Å². The lowest BCUT2D eigenvalue weighted by atomic mass is 9.99. The van der Waals surface area contributed by atoms with Crippen LogP contribution in [0.15, 0.2) is 24.3 Å². The summed E-state index contributed by atoms with van der Waals surface area (Å²) in [5.41, 5.74) is 1.31. The van der Waals surface area contributed by atoms with Gasteiger partial charge in [-0.1, -0.05) is 26.0 Å². The minimum atomic E-state index is -0.371. The molecule has 20 heavy (non-hydrogen) atoms. The van der Waals surface area contributed by atoms with E-state index in [1.54, 1.807) is 0 Å². The van der Waals surface area contributed by atoms with Gasteiger partial charge in [0.15, 0.2) is 0 Å². The molecule has 2 rings (SSSR count). The molecule has 1 aromatic carbocycles. The van der Waals surface area contributed by atoms with Gasteiger partial charge in [-0.25, -0.2) is 0 Å². The number of aliphatic hydroxyl groups excluding tert-OH is 1. The van der Waals surface area contributed by atoms with E-state index >= 15 is 0 Å². The second-order valence-electron chi connectivity index (χ2n) is 6.10. The zero-order chi connectivity index (χ0) is 14.4. The van der Waals surface area contributed by atoms with Crippen LogP contribution in [0.5, 0.6) is 5.75 Å². The molecule has 1 fully saturated rings. The van der Waals surface area contributed by atoms with E-state index in [-0.39, 0.29) is 6.10 Å². The number of hydrogen-bond acceptors (Lipinski definition) is 2. The normalized spacial score (nSPS) is 24.4. The number of likely N-dealkylation sites (tertiary alicyclic amines) is 1. The zero-order valence-electron chi connectivity index (χ0n) is 12.8. The third-order valence-electron chi connectivity index (χ3n) is 4.28. The lowest BCUT2D eigenvalue weighted by Gasteiger charge is -2.28. The maximum atomic E-state index is 10.1. The Balaban J connectivity index is 1.70. The van der Waals surface area contributed by atoms with Gasteiger partial charge >= 0.3 is 0 Å². The number of aliphatic hydroxyl groups is 1. The highest BCUT2D eigenvalue weighted by atomic mass is 16.5. The van der Waals surface area contributed by atoms with Crippen molar-refractivity contribution in [3.05, 3.63) is 29.8 Å². The molecule has 0 bridgehead atoms. The first-order valence-corrected chi connectivity index (χ1v) is 7.90. The summed E-state index contributed by atoms with van der Waals surface area (Å²) in [5.74, 6) is 1.70. The van der Waals surface area contributed by atoms with Crippen LogP contribution in [0.25, 0.3) is 0 Å². The van der Waals surface area contributed by atoms with Gasteiger partial charge in [-0.2, -0.15) is 0 Å². The lowest BCUT2D eigenvalue weighted by Crippen LogP contribution is -3.14. The second kappa shape index (κ2) is 7.65. The van der Waals surface area contributed by atoms with Gasteiger partial charge in [-0.15, -0.1) is 0 Å². The Morgan fingerprint density at radius 1 is 1.25 bits per heavy atom. The van der Waals surface area contributed by atoms with Crippen LogP contribution in [-0.2, 0) is 6.42 Å². The van der Waals surface area contributed by atoms with Crippen molar-refractivity contribution in [3.63, 3.8) is 0 Å². The minimum absolute atomic E-state index is 0.371. The van der Waals surface area contributed by atoms with E-state index in [2.05, 4.69) is 26.0 Å². The monoisotopic (exact) mass is 278 g/mol. The molecule has 1 aromatic rings. The van der Waals surface area contributed by atoms with Crippen LogP contribution in [0.4, 0.5) is 0 Å². The average molecular weight is 278 g/mol. The van der Waals surface area contributed by atoms with E-state index in [0.29, 0.717) is 6.61 Å². The number of rotatable bonds is 6. The summed E-state index contributed by atoms with van der Waals surface area (Å²) in [4.78, 5) is 1.51. The van der Waals surface area contributed by atoms with E-state index in [4.69, 9.17) is 4.74 Å². The predicted molar refractivity (Wildman–Crippen MR) is 81.3 cm³/mol. The van der Waals surface area contributed by atoms with Crippen molar-refractivity contribution in [2.45, 2.75) is 39.2 Å². The molecule has 1 saturated heterocycles. The molecule has 1 aliphatic heterocycles. The Kier molecular flexibility index (Phi) is 5.86. The maximum Gasteiger partial charge on any atom is 0.137 e. The second-order valence-corrected chi connectivity index (χ2v) is 6.10. The summed E-state index contributed by atoms with van der Waals surface area (Å²) in [6.45, 7) is 8.02. The standard InChI is InChI=1S/C17H27NO2/c1-3-15-4-6-17(7-5-15)20-13-16(19)12-18-10-8-14(2)9-11-18/h4-7,14,16,19H,3,8-13H2,1-2H3/p+1/t16-/m0/s1. The van der Waals surface area contributed by atoms with Gasteiger partial charge < -0.3 is 14.7 Å². The smallest absolute Gasteiger partial charge is 0.137 e. The Morgan fingerprint density at radius 3 is 2.50 bits per heavy atom. The minimum Gasteiger partial charge on any atom is -0.491 e. The summed E-state index contributed by atoms with van der Waals surface area (Å²) in [6, 6.07) is 8.14. The number of aryl methyl sites for hydroxylation is 1. The van der Waals surface area contributed by atoms with Crippen LogP contribution in [0, 0.1) is 5.92 Å². The molecule has 112 valence electrons. The molecule has 2 N–H and O–H groups in total. The third kappa shape index (κ3) is 4.80. The first kappa shape index (κ1) is 15.3. The van der Waals surface area contributed by atoms with Crippen molar-refractivity contribution in [3.8, 4) is 5.75 Å². The molecule has 1 heterocycles. The van der Waals surface area contributed by atoms with Crippen LogP contribution in [0.2, 0.25) is 0 Å². The van der Waals surface area contributed by atoms with Crippen LogP contribution < -0.4 is 9.64 Å². The number of nitrogens with one attached hydrogen (secondary N) is 1. The van der Waals surface area contributed by atoms with E-state index in [1.807, 2.05) is 12.1 Å². The highest BCUT2D eigenvalue weighted by Crippen LogP contribution is 2.12. The molecular weight excluding hydrogens is 250 g/mol. The Labute approximate surface area is 122 Å². The van der Waals surface area contributed by atoms with E-state index in [0.717, 1.165) is 24.6 Å². The first-order valence-electron chi connectivity index (χ1n) is 7.90. The Morgan fingerprint density at radius 2 is 1.90 bits per heavy atom. The number of benzene rings is 1. The van der Waals surface area contributed by atoms with E-state index < -0.39 is 0 Å². The molecule has 0 aliphatic carbocycles. The van der Waals surface area contributed by atoms with Gasteiger partial charge in [0, 0.05) is 0 Å². The van der Waals surface area contributed by atoms with Crippen LogP contribution in [-0.4, -0.2) is 37.5 Å². The maximum absolute atomic E-state index is 10.1. The molecule has 3 heteroatoms. The Hall–Kier alpha value is -1.06. The topological polar surface area (TPSA) is 33.9 Å². The molecule has 0 spiro atoms. The van der Waals surface area contributed by atoms with Gasteiger partial charge in [0.05, 0.1) is 13.1 Å². The Bertz CT molecular complexity index is 382. The van der Waals surface area contributed by atoms with Gasteiger partial charge in [-0.3, -0.25) is 0 Å². The molecule has 0 amide bonds. The van der Waals surface area contributed by atoms with Crippen molar-refractivity contribution in [1.29, 1.82) is 0 Å². The summed E-state index contributed by atoms with van der Waals surface area (Å²) in [5, 5.41) is 10.1. The number of quaternary nitrogens is 1.